The molecule has 0 atom stereocenters. The molecule has 0 bridgehead atoms. The summed E-state index contributed by atoms with van der Waals surface area (Å²) < 4.78 is 102. The summed E-state index contributed by atoms with van der Waals surface area (Å²) in [5.41, 5.74) is 0.444. The first-order chi connectivity index (χ1) is 20.2. The number of rotatable bonds is 17. The second-order valence-electron chi connectivity index (χ2n) is 10.5. The summed E-state index contributed by atoms with van der Waals surface area (Å²) in [6.45, 7) is 2.19. The molecule has 0 saturated heterocycles. The van der Waals surface area contributed by atoms with Crippen molar-refractivity contribution in [3.8, 4) is 0 Å². The molecule has 9 nitrogen and oxygen atoms in total. The molecule has 0 heterocycles. The van der Waals surface area contributed by atoms with E-state index in [1.54, 1.807) is 24.3 Å². The van der Waals surface area contributed by atoms with Crippen molar-refractivity contribution >= 4 is 54.2 Å². The van der Waals surface area contributed by atoms with Gasteiger partial charge in [-0.05, 0) is 72.6 Å². The Labute approximate surface area is 256 Å². The zero-order chi connectivity index (χ0) is 31.7. The Bertz CT molecular complexity index is 1630. The highest BCUT2D eigenvalue weighted by Gasteiger charge is 2.24. The highest BCUT2D eigenvalue weighted by Crippen LogP contribution is 2.35. The average molecular weight is 671 g/mol. The van der Waals surface area contributed by atoms with E-state index in [1.165, 1.54) is 81.0 Å². The Morgan fingerprint density at radius 3 is 1.42 bits per heavy atom. The van der Waals surface area contributed by atoms with E-state index in [0.29, 0.717) is 27.9 Å². The van der Waals surface area contributed by atoms with Gasteiger partial charge in [0.1, 0.15) is 0 Å². The van der Waals surface area contributed by atoms with Crippen LogP contribution in [0.2, 0.25) is 0 Å². The molecule has 0 radical (unpaired) electrons. The summed E-state index contributed by atoms with van der Waals surface area (Å²) in [6, 6.07) is 15.4. The van der Waals surface area contributed by atoms with Crippen LogP contribution in [0, 0.1) is 0 Å². The Morgan fingerprint density at radius 2 is 0.977 bits per heavy atom. The van der Waals surface area contributed by atoms with Crippen LogP contribution in [0.25, 0.3) is 0 Å². The van der Waals surface area contributed by atoms with E-state index in [0.717, 1.165) is 25.7 Å². The van der Waals surface area contributed by atoms with Gasteiger partial charge in [-0.15, -0.1) is 0 Å². The first kappa shape index (κ1) is 35.3. The molecular formula is C30H39O9PS3. The highest BCUT2D eigenvalue weighted by molar-refractivity contribution is 7.86. The lowest BCUT2D eigenvalue weighted by Gasteiger charge is -2.21. The predicted octanol–water partition coefficient (Wildman–Crippen LogP) is 5.65. The van der Waals surface area contributed by atoms with Crippen molar-refractivity contribution in [3.63, 3.8) is 0 Å². The lowest BCUT2D eigenvalue weighted by atomic mass is 10.0. The van der Waals surface area contributed by atoms with E-state index in [2.05, 4.69) is 6.92 Å². The van der Waals surface area contributed by atoms with Crippen molar-refractivity contribution in [1.29, 1.82) is 0 Å². The fraction of sp³-hybridized carbons (Fsp3) is 0.400. The van der Waals surface area contributed by atoms with Crippen molar-refractivity contribution in [1.82, 2.24) is 0 Å². The summed E-state index contributed by atoms with van der Waals surface area (Å²) in [6.07, 6.45) is 11.6. The molecule has 0 unspecified atom stereocenters. The van der Waals surface area contributed by atoms with Gasteiger partial charge < -0.3 is 0 Å². The minimum atomic E-state index is -4.64. The standard InChI is InChI=1S/C30H39O9PS3/c1-2-3-4-5-6-7-8-9-10-11-14-24-19-20-27(23-30(24)43(37,38)39)40(25-15-12-17-28(21-25)41(31,32)33)26-16-13-18-29(22-26)42(34,35)36/h12-13,15-23H,2-11,14H2,1H3,(H,31,32,33)(H,34,35,36)(H,37,38,39). The first-order valence-electron chi connectivity index (χ1n) is 14.3. The molecule has 0 aliphatic rings. The number of hydrogen-bond acceptors (Lipinski definition) is 6. The van der Waals surface area contributed by atoms with Crippen molar-refractivity contribution in [3.05, 3.63) is 72.3 Å². The third-order valence-corrected chi connectivity index (χ3v) is 12.2. The Balaban J connectivity index is 1.93. The predicted molar refractivity (Wildman–Crippen MR) is 170 cm³/mol. The normalized spacial score (nSPS) is 12.6. The lowest BCUT2D eigenvalue weighted by molar-refractivity contribution is 0.480. The van der Waals surface area contributed by atoms with Gasteiger partial charge in [0.25, 0.3) is 30.4 Å². The van der Waals surface area contributed by atoms with E-state index in [9.17, 15) is 38.9 Å². The second-order valence-corrected chi connectivity index (χ2v) is 16.9. The smallest absolute Gasteiger partial charge is 0.282 e. The summed E-state index contributed by atoms with van der Waals surface area (Å²) >= 11 is 0. The van der Waals surface area contributed by atoms with Crippen LogP contribution in [0.1, 0.15) is 76.7 Å². The molecular weight excluding hydrogens is 631 g/mol. The third-order valence-electron chi connectivity index (χ3n) is 7.13. The topological polar surface area (TPSA) is 163 Å². The zero-order valence-corrected chi connectivity index (χ0v) is 27.4. The largest absolute Gasteiger partial charge is 0.294 e. The van der Waals surface area contributed by atoms with Crippen molar-refractivity contribution in [2.75, 3.05) is 0 Å². The molecule has 3 aromatic rings. The molecule has 0 fully saturated rings. The van der Waals surface area contributed by atoms with Crippen molar-refractivity contribution in [2.24, 2.45) is 0 Å². The maximum Gasteiger partial charge on any atom is 0.294 e. The molecule has 0 aromatic heterocycles. The van der Waals surface area contributed by atoms with Crippen LogP contribution in [-0.2, 0) is 36.8 Å². The molecule has 3 rings (SSSR count). The van der Waals surface area contributed by atoms with Gasteiger partial charge in [-0.2, -0.15) is 25.3 Å². The fourth-order valence-corrected chi connectivity index (χ4v) is 9.42. The number of hydrogen-bond donors (Lipinski definition) is 3. The molecule has 0 saturated carbocycles. The summed E-state index contributed by atoms with van der Waals surface area (Å²) in [4.78, 5) is -1.06. The monoisotopic (exact) mass is 670 g/mol. The van der Waals surface area contributed by atoms with Crippen LogP contribution in [0.5, 0.6) is 0 Å². The minimum Gasteiger partial charge on any atom is -0.282 e. The van der Waals surface area contributed by atoms with Crippen LogP contribution >= 0.6 is 7.92 Å². The van der Waals surface area contributed by atoms with Gasteiger partial charge in [-0.1, -0.05) is 101 Å². The number of aryl methyl sites for hydroxylation is 1. The maximum absolute atomic E-state index is 12.5. The summed E-state index contributed by atoms with van der Waals surface area (Å²) in [5, 5.41) is 1.11. The minimum absolute atomic E-state index is 0.273. The van der Waals surface area contributed by atoms with Crippen molar-refractivity contribution in [2.45, 2.75) is 92.2 Å². The quantitative estimate of drug-likeness (QED) is 0.0936. The van der Waals surface area contributed by atoms with Gasteiger partial charge in [-0.25, -0.2) is 0 Å². The van der Waals surface area contributed by atoms with E-state index in [4.69, 9.17) is 0 Å². The van der Waals surface area contributed by atoms with E-state index in [1.807, 2.05) is 0 Å². The number of benzene rings is 3. The van der Waals surface area contributed by atoms with Gasteiger partial charge in [0.05, 0.1) is 14.7 Å². The Morgan fingerprint density at radius 1 is 0.535 bits per heavy atom. The second kappa shape index (κ2) is 15.7. The molecule has 43 heavy (non-hydrogen) atoms. The summed E-state index contributed by atoms with van der Waals surface area (Å²) in [7, 11) is -15.6. The van der Waals surface area contributed by atoms with Gasteiger partial charge >= 0.3 is 0 Å². The van der Waals surface area contributed by atoms with Crippen LogP contribution in [0.3, 0.4) is 0 Å². The average Bonchev–Trinajstić information content (AvgIpc) is 2.93. The lowest BCUT2D eigenvalue weighted by Crippen LogP contribution is -2.23. The molecule has 0 amide bonds. The van der Waals surface area contributed by atoms with Crippen LogP contribution in [-0.4, -0.2) is 38.9 Å². The molecule has 13 heteroatoms. The van der Waals surface area contributed by atoms with Gasteiger partial charge in [-0.3, -0.25) is 13.7 Å². The first-order valence-corrected chi connectivity index (χ1v) is 19.9. The summed E-state index contributed by atoms with van der Waals surface area (Å²) in [5.74, 6) is 0. The van der Waals surface area contributed by atoms with Gasteiger partial charge in [0.2, 0.25) is 0 Å². The molecule has 0 aliphatic heterocycles. The molecule has 3 aromatic carbocycles. The van der Waals surface area contributed by atoms with Gasteiger partial charge in [0.15, 0.2) is 0 Å². The van der Waals surface area contributed by atoms with E-state index >= 15 is 0 Å². The zero-order valence-electron chi connectivity index (χ0n) is 24.1. The molecule has 0 spiro atoms. The Kier molecular flexibility index (Phi) is 12.9. The highest BCUT2D eigenvalue weighted by atomic mass is 32.2. The molecule has 236 valence electrons. The van der Waals surface area contributed by atoms with Crippen LogP contribution in [0.4, 0.5) is 0 Å². The number of unbranched alkanes of at least 4 members (excludes halogenated alkanes) is 9. The van der Waals surface area contributed by atoms with Crippen LogP contribution in [0.15, 0.2) is 81.4 Å². The maximum atomic E-state index is 12.5. The van der Waals surface area contributed by atoms with Crippen LogP contribution < -0.4 is 15.9 Å². The SMILES string of the molecule is CCCCCCCCCCCCc1ccc(P(c2cccc(S(=O)(=O)O)c2)c2cccc(S(=O)(=O)O)c2)cc1S(=O)(=O)O. The Hall–Kier alpha value is -2.18. The third kappa shape index (κ3) is 10.7. The fourth-order valence-electron chi connectivity index (χ4n) is 4.95. The molecule has 0 aliphatic carbocycles. The van der Waals surface area contributed by atoms with Gasteiger partial charge in [0, 0.05) is 0 Å². The van der Waals surface area contributed by atoms with E-state index in [-0.39, 0.29) is 4.90 Å². The van der Waals surface area contributed by atoms with Crippen molar-refractivity contribution < 1.29 is 38.9 Å². The molecule has 3 N–H and O–H groups in total. The van der Waals surface area contributed by atoms with E-state index < -0.39 is 48.1 Å².